The van der Waals surface area contributed by atoms with E-state index in [9.17, 15) is 44.1 Å². The molecule has 53 heavy (non-hydrogen) atoms. The summed E-state index contributed by atoms with van der Waals surface area (Å²) in [4.78, 5) is 88.2. The van der Waals surface area contributed by atoms with Crippen LogP contribution in [0.4, 0.5) is 5.13 Å². The first kappa shape index (κ1) is 42.7. The summed E-state index contributed by atoms with van der Waals surface area (Å²) in [6, 6.07) is -0.0618. The molecule has 19 nitrogen and oxygen atoms in total. The minimum absolute atomic E-state index is 0. The number of thioether (sulfide) groups is 1. The number of oxime groups is 1. The molecule has 3 amide bonds. The van der Waals surface area contributed by atoms with Crippen LogP contribution in [0.25, 0.3) is 0 Å². The van der Waals surface area contributed by atoms with E-state index in [0.29, 0.717) is 28.9 Å². The van der Waals surface area contributed by atoms with Crippen LogP contribution >= 0.6 is 23.3 Å². The SMILES string of the molecule is CC(C)(O/N=C(/C(=O)N[C@@H]1C(=O)N2C(C(=O)O)=C(C[N+]34CCC(CNC(=O)c5cc(=O)c(O)c[nH]5)(CC3)CC4)CS[C@H]12)c1nsc(N)n1)C(=O)O.[Na+].[Na+]. The van der Waals surface area contributed by atoms with Crippen molar-refractivity contribution in [2.45, 2.75) is 50.1 Å². The number of rotatable bonds is 12. The quantitative estimate of drug-likeness (QED) is 0.0346. The van der Waals surface area contributed by atoms with Crippen molar-refractivity contribution >= 4 is 63.8 Å². The van der Waals surface area contributed by atoms with Gasteiger partial charge in [0.05, 0.1) is 19.6 Å². The number of nitrogens with zero attached hydrogens (tertiary/aromatic N) is 5. The van der Waals surface area contributed by atoms with Crippen LogP contribution in [0.2, 0.25) is 0 Å². The minimum Gasteiger partial charge on any atom is -0.503 e. The molecule has 2 atom stereocenters. The molecule has 7 rings (SSSR count). The van der Waals surface area contributed by atoms with E-state index in [1.807, 2.05) is 0 Å². The van der Waals surface area contributed by atoms with Gasteiger partial charge in [0.25, 0.3) is 17.7 Å². The van der Waals surface area contributed by atoms with Crippen molar-refractivity contribution in [3.8, 4) is 5.75 Å². The molecule has 4 saturated heterocycles. The fourth-order valence-electron chi connectivity index (χ4n) is 6.73. The number of nitrogens with one attached hydrogen (secondary N) is 3. The fraction of sp³-hybridized carbons (Fsp3) is 0.500. The van der Waals surface area contributed by atoms with Crippen molar-refractivity contribution in [2.24, 2.45) is 10.6 Å². The maximum atomic E-state index is 13.4. The molecule has 0 saturated carbocycles. The molecule has 0 aliphatic carbocycles. The van der Waals surface area contributed by atoms with E-state index in [1.165, 1.54) is 30.5 Å². The van der Waals surface area contributed by atoms with Crippen LogP contribution in [0.15, 0.2) is 33.5 Å². The summed E-state index contributed by atoms with van der Waals surface area (Å²) in [6.45, 7) is 5.54. The van der Waals surface area contributed by atoms with Gasteiger partial charge in [-0.3, -0.25) is 24.1 Å². The molecular weight excluding hydrogens is 756 g/mol. The van der Waals surface area contributed by atoms with Gasteiger partial charge < -0.3 is 46.0 Å². The molecule has 0 unspecified atom stereocenters. The number of hydrogen-bond donors (Lipinski definition) is 7. The summed E-state index contributed by atoms with van der Waals surface area (Å²) < 4.78 is 4.60. The van der Waals surface area contributed by atoms with E-state index in [1.54, 1.807) is 0 Å². The number of carboxylic acids is 2. The molecule has 2 aromatic heterocycles. The minimum atomic E-state index is -1.81. The molecule has 5 aliphatic rings. The second kappa shape index (κ2) is 16.4. The number of carbonyl (C=O) groups excluding carboxylic acids is 3. The third kappa shape index (κ3) is 8.62. The third-order valence-corrected chi connectivity index (χ3v) is 11.8. The number of H-pyrrole nitrogens is 1. The number of aromatic nitrogens is 3. The van der Waals surface area contributed by atoms with Gasteiger partial charge in [0.15, 0.2) is 10.9 Å². The zero-order chi connectivity index (χ0) is 36.9. The third-order valence-electron chi connectivity index (χ3n) is 9.92. The second-order valence-electron chi connectivity index (χ2n) is 13.6. The number of aromatic amines is 1. The van der Waals surface area contributed by atoms with Crippen LogP contribution in [0.1, 0.15) is 49.4 Å². The van der Waals surface area contributed by atoms with Crippen molar-refractivity contribution in [3.05, 3.63) is 45.3 Å². The van der Waals surface area contributed by atoms with Crippen molar-refractivity contribution in [2.75, 3.05) is 44.2 Å². The van der Waals surface area contributed by atoms with Crippen molar-refractivity contribution in [1.82, 2.24) is 29.9 Å². The van der Waals surface area contributed by atoms with Crippen LogP contribution in [-0.2, 0) is 24.0 Å². The number of piperidine rings is 3. The number of fused-ring (bicyclic) bond motifs is 4. The number of aromatic hydroxyl groups is 1. The Balaban J connectivity index is 0.00000314. The van der Waals surface area contributed by atoms with E-state index in [4.69, 9.17) is 10.6 Å². The first-order valence-electron chi connectivity index (χ1n) is 15.9. The number of amides is 3. The summed E-state index contributed by atoms with van der Waals surface area (Å²) in [7, 11) is 0. The number of anilines is 1. The van der Waals surface area contributed by atoms with Gasteiger partial charge in [-0.25, -0.2) is 9.59 Å². The topological polar surface area (TPSA) is 280 Å². The maximum absolute atomic E-state index is 13.4. The zero-order valence-electron chi connectivity index (χ0n) is 29.5. The Morgan fingerprint density at radius 3 is 2.40 bits per heavy atom. The first-order chi connectivity index (χ1) is 24.0. The maximum Gasteiger partial charge on any atom is 1.00 e. The van der Waals surface area contributed by atoms with Gasteiger partial charge in [-0.2, -0.15) is 9.36 Å². The Kier molecular flexibility index (Phi) is 13.2. The molecule has 272 valence electrons. The fourth-order valence-corrected chi connectivity index (χ4v) is 8.50. The van der Waals surface area contributed by atoms with Gasteiger partial charge in [-0.05, 0) is 13.8 Å². The Bertz CT molecular complexity index is 1930. The molecular formula is C30H36N9Na2O10S2+3. The van der Waals surface area contributed by atoms with E-state index >= 15 is 0 Å². The molecule has 4 fully saturated rings. The number of quaternary nitrogens is 1. The van der Waals surface area contributed by atoms with E-state index in [-0.39, 0.29) is 86.9 Å². The number of carbonyl (C=O) groups is 5. The van der Waals surface area contributed by atoms with E-state index in [0.717, 1.165) is 62.7 Å². The Labute approximate surface area is 354 Å². The number of aliphatic carboxylic acids is 2. The summed E-state index contributed by atoms with van der Waals surface area (Å²) in [5.74, 6) is -5.00. The number of pyridine rings is 1. The summed E-state index contributed by atoms with van der Waals surface area (Å²) in [6.07, 6.45) is 3.44. The molecule has 2 aromatic rings. The number of β-lactam (4-membered cyclic amide) rings is 1. The predicted octanol–water partition coefficient (Wildman–Crippen LogP) is -6.72. The normalized spacial score (nSPS) is 24.9. The first-order valence-corrected chi connectivity index (χ1v) is 17.7. The van der Waals surface area contributed by atoms with E-state index < -0.39 is 63.6 Å². The van der Waals surface area contributed by atoms with Crippen LogP contribution in [0.3, 0.4) is 0 Å². The number of nitrogens with two attached hydrogens (primary N) is 1. The molecule has 2 bridgehead atoms. The van der Waals surface area contributed by atoms with E-state index in [2.05, 4.69) is 30.1 Å². The molecule has 7 heterocycles. The van der Waals surface area contributed by atoms with Gasteiger partial charge in [0.2, 0.25) is 22.6 Å². The average molecular weight is 793 g/mol. The summed E-state index contributed by atoms with van der Waals surface area (Å²) >= 11 is 2.09. The van der Waals surface area contributed by atoms with Gasteiger partial charge in [0, 0.05) is 66.3 Å². The van der Waals surface area contributed by atoms with Gasteiger partial charge in [0.1, 0.15) is 29.4 Å². The summed E-state index contributed by atoms with van der Waals surface area (Å²) in [5.41, 5.74) is 3.13. The Morgan fingerprint density at radius 2 is 1.83 bits per heavy atom. The van der Waals surface area contributed by atoms with Crippen LogP contribution in [-0.4, -0.2) is 130 Å². The average Bonchev–Trinajstić information content (AvgIpc) is 3.53. The van der Waals surface area contributed by atoms with Gasteiger partial charge >= 0.3 is 71.1 Å². The van der Waals surface area contributed by atoms with Crippen LogP contribution in [0, 0.1) is 5.41 Å². The molecule has 0 radical (unpaired) electrons. The Morgan fingerprint density at radius 1 is 1.17 bits per heavy atom. The number of nitrogen functional groups attached to an aromatic ring is 1. The largest absolute Gasteiger partial charge is 1.00 e. The number of carboxylic acid groups (broad SMARTS) is 2. The summed E-state index contributed by atoms with van der Waals surface area (Å²) in [5, 5.41) is 37.6. The van der Waals surface area contributed by atoms with Crippen LogP contribution in [0.5, 0.6) is 5.75 Å². The van der Waals surface area contributed by atoms with Gasteiger partial charge in [-0.15, -0.1) is 11.8 Å². The molecule has 0 aromatic carbocycles. The van der Waals surface area contributed by atoms with Crippen LogP contribution < -0.4 is 80.9 Å². The van der Waals surface area contributed by atoms with Crippen molar-refractivity contribution in [1.29, 1.82) is 0 Å². The monoisotopic (exact) mass is 792 g/mol. The molecule has 0 spiro atoms. The smallest absolute Gasteiger partial charge is 0.503 e. The second-order valence-corrected chi connectivity index (χ2v) is 15.5. The number of hydrogen-bond acceptors (Lipinski definition) is 14. The molecule has 8 N–H and O–H groups in total. The Hall–Kier alpha value is -3.02. The molecule has 23 heteroatoms. The van der Waals surface area contributed by atoms with Crippen molar-refractivity contribution < 1.29 is 108 Å². The van der Waals surface area contributed by atoms with Crippen molar-refractivity contribution in [3.63, 3.8) is 0 Å². The molecule has 5 aliphatic heterocycles. The van der Waals surface area contributed by atoms with Gasteiger partial charge in [-0.1, -0.05) is 5.16 Å². The predicted molar refractivity (Wildman–Crippen MR) is 180 cm³/mol. The standard InChI is InChI=1S/C30H35N9O10S2.2Na/c1-29(2,27(47)48)49-36-18(21-35-28(31)51-37-21)23(43)34-19-24(44)38-20(26(45)46)14(12-50-25(19)38)11-39-6-3-30(4-7-39,5-8-39)13-33-22(42)15-9-16(40)17(41)10-32-15;;/h9-10,19,25H,3-8,11-13H2,1-2H3,(H7-,31,32,33,34,35,36,37,40,41,42,43,45,46,47,48);;/q;2*+1/p+1/t19-,25-,30?,39?;;/m1../s1. The zero-order valence-corrected chi connectivity index (χ0v) is 35.1.